The third kappa shape index (κ3) is 0.518. The van der Waals surface area contributed by atoms with Gasteiger partial charge in [0.25, 0.3) is 0 Å². The number of hydrogen-bond acceptors (Lipinski definition) is 3. The van der Waals surface area contributed by atoms with Crippen molar-refractivity contribution in [2.45, 2.75) is 12.6 Å². The molecular formula is C3H7NO2. The van der Waals surface area contributed by atoms with E-state index in [0.717, 1.165) is 13.0 Å². The Kier molecular flexibility index (Phi) is 1.05. The first kappa shape index (κ1) is 4.05. The van der Waals surface area contributed by atoms with Crippen LogP contribution in [0, 0.1) is 0 Å². The van der Waals surface area contributed by atoms with E-state index in [2.05, 4.69) is 0 Å². The van der Waals surface area contributed by atoms with Crippen molar-refractivity contribution in [3.8, 4) is 0 Å². The van der Waals surface area contributed by atoms with E-state index in [1.807, 2.05) is 5.48 Å². The van der Waals surface area contributed by atoms with Crippen LogP contribution in [0.25, 0.3) is 0 Å². The predicted molar refractivity (Wildman–Crippen MR) is 19.3 cm³/mol. The quantitative estimate of drug-likeness (QED) is 0.434. The highest BCUT2D eigenvalue weighted by atomic mass is 16.6. The molecule has 0 amide bonds. The summed E-state index contributed by atoms with van der Waals surface area (Å²) in [6.45, 7) is 0.776. The number of hydrogen-bond donors (Lipinski definition) is 2. The minimum atomic E-state index is -0.0787. The zero-order chi connectivity index (χ0) is 4.41. The van der Waals surface area contributed by atoms with Crippen LogP contribution in [0.2, 0.25) is 0 Å². The van der Waals surface area contributed by atoms with Crippen molar-refractivity contribution in [1.82, 2.24) is 5.48 Å². The van der Waals surface area contributed by atoms with Crippen LogP contribution in [0.5, 0.6) is 0 Å². The minimum Gasteiger partial charge on any atom is -0.361 e. The molecule has 0 bridgehead atoms. The maximum atomic E-state index is 8.01. The summed E-state index contributed by atoms with van der Waals surface area (Å²) in [6, 6.07) is 0. The molecule has 0 aromatic heterocycles. The van der Waals surface area contributed by atoms with Gasteiger partial charge >= 0.3 is 0 Å². The van der Waals surface area contributed by atoms with E-state index < -0.39 is 0 Å². The largest absolute Gasteiger partial charge is 0.361 e. The van der Waals surface area contributed by atoms with Gasteiger partial charge in [0.1, 0.15) is 6.23 Å². The molecule has 2 N–H and O–H groups in total. The van der Waals surface area contributed by atoms with E-state index in [1.54, 1.807) is 0 Å². The molecule has 3 heteroatoms. The minimum absolute atomic E-state index is 0.0787. The molecule has 1 rings (SSSR count). The van der Waals surface area contributed by atoms with Crippen molar-refractivity contribution in [3.63, 3.8) is 0 Å². The van der Waals surface area contributed by atoms with Gasteiger partial charge < -0.3 is 9.94 Å². The van der Waals surface area contributed by atoms with Crippen molar-refractivity contribution in [2.75, 3.05) is 6.61 Å². The lowest BCUT2D eigenvalue weighted by Gasteiger charge is -2.23. The fraction of sp³-hybridized carbons (Fsp3) is 1.00. The first-order valence-electron chi connectivity index (χ1n) is 1.94. The number of hydroxylamine groups is 1. The van der Waals surface area contributed by atoms with E-state index in [4.69, 9.17) is 9.94 Å². The summed E-state index contributed by atoms with van der Waals surface area (Å²) < 4.78 is 4.72. The highest BCUT2D eigenvalue weighted by molar-refractivity contribution is 4.56. The van der Waals surface area contributed by atoms with Crippen molar-refractivity contribution in [3.05, 3.63) is 0 Å². The zero-order valence-corrected chi connectivity index (χ0v) is 3.35. The van der Waals surface area contributed by atoms with Crippen molar-refractivity contribution in [2.24, 2.45) is 0 Å². The average molecular weight is 89.1 g/mol. The summed E-state index contributed by atoms with van der Waals surface area (Å²) in [4.78, 5) is 0. The van der Waals surface area contributed by atoms with Gasteiger partial charge in [-0.25, -0.2) is 0 Å². The van der Waals surface area contributed by atoms with Gasteiger partial charge in [-0.1, -0.05) is 0 Å². The molecule has 1 fully saturated rings. The summed E-state index contributed by atoms with van der Waals surface area (Å²) >= 11 is 0. The highest BCUT2D eigenvalue weighted by Gasteiger charge is 2.14. The first-order chi connectivity index (χ1) is 2.93. The van der Waals surface area contributed by atoms with Crippen LogP contribution in [-0.4, -0.2) is 18.0 Å². The standard InChI is InChI=1S/C3H7NO2/c5-4-3-1-2-6-3/h3-5H,1-2H2. The molecule has 36 valence electrons. The topological polar surface area (TPSA) is 41.5 Å². The van der Waals surface area contributed by atoms with E-state index in [-0.39, 0.29) is 6.23 Å². The second-order valence-corrected chi connectivity index (χ2v) is 1.28. The Bertz CT molecular complexity index is 41.3. The molecule has 0 aliphatic carbocycles. The van der Waals surface area contributed by atoms with Crippen LogP contribution in [-0.2, 0) is 4.74 Å². The molecule has 0 spiro atoms. The average Bonchev–Trinajstić information content (AvgIpc) is 1.31. The molecule has 1 aliphatic heterocycles. The maximum Gasteiger partial charge on any atom is 0.132 e. The molecule has 6 heavy (non-hydrogen) atoms. The van der Waals surface area contributed by atoms with E-state index in [9.17, 15) is 0 Å². The number of ether oxygens (including phenoxy) is 1. The Morgan fingerprint density at radius 3 is 2.50 bits per heavy atom. The zero-order valence-electron chi connectivity index (χ0n) is 3.35. The normalized spacial score (nSPS) is 32.5. The monoisotopic (exact) mass is 89.0 g/mol. The third-order valence-electron chi connectivity index (χ3n) is 0.843. The van der Waals surface area contributed by atoms with Crippen LogP contribution in [0.4, 0.5) is 0 Å². The van der Waals surface area contributed by atoms with Crippen molar-refractivity contribution < 1.29 is 9.94 Å². The van der Waals surface area contributed by atoms with E-state index >= 15 is 0 Å². The summed E-state index contributed by atoms with van der Waals surface area (Å²) in [7, 11) is 0. The van der Waals surface area contributed by atoms with Crippen LogP contribution in [0.3, 0.4) is 0 Å². The van der Waals surface area contributed by atoms with Gasteiger partial charge in [-0.3, -0.25) is 0 Å². The summed E-state index contributed by atoms with van der Waals surface area (Å²) in [5.41, 5.74) is 1.98. The molecule has 1 unspecified atom stereocenters. The van der Waals surface area contributed by atoms with E-state index in [0.29, 0.717) is 0 Å². The molecule has 1 saturated heterocycles. The van der Waals surface area contributed by atoms with Gasteiger partial charge in [0.05, 0.1) is 6.61 Å². The molecule has 0 saturated carbocycles. The Morgan fingerprint density at radius 1 is 1.83 bits per heavy atom. The molecule has 1 heterocycles. The maximum absolute atomic E-state index is 8.01. The van der Waals surface area contributed by atoms with Gasteiger partial charge in [-0.2, -0.15) is 5.48 Å². The van der Waals surface area contributed by atoms with Gasteiger partial charge in [0.2, 0.25) is 0 Å². The molecule has 3 nitrogen and oxygen atoms in total. The SMILES string of the molecule is ONC1CCO1. The fourth-order valence-electron chi connectivity index (χ4n) is 0.338. The molecule has 1 atom stereocenters. The predicted octanol–water partition coefficient (Wildman–Crippen LogP) is -0.288. The van der Waals surface area contributed by atoms with Crippen LogP contribution < -0.4 is 5.48 Å². The van der Waals surface area contributed by atoms with Gasteiger partial charge in [-0.05, 0) is 0 Å². The lowest BCUT2D eigenvalue weighted by molar-refractivity contribution is -0.129. The van der Waals surface area contributed by atoms with Crippen LogP contribution in [0.1, 0.15) is 6.42 Å². The molecule has 1 aliphatic rings. The number of nitrogens with one attached hydrogen (secondary N) is 1. The lowest BCUT2D eigenvalue weighted by Crippen LogP contribution is -2.38. The lowest BCUT2D eigenvalue weighted by atomic mass is 10.3. The third-order valence-corrected chi connectivity index (χ3v) is 0.843. The van der Waals surface area contributed by atoms with Crippen LogP contribution >= 0.6 is 0 Å². The summed E-state index contributed by atoms with van der Waals surface area (Å²) in [6.07, 6.45) is 0.848. The molecule has 0 radical (unpaired) electrons. The molecule has 0 aromatic carbocycles. The Labute approximate surface area is 35.9 Å². The summed E-state index contributed by atoms with van der Waals surface area (Å²) in [5.74, 6) is 0. The second kappa shape index (κ2) is 1.55. The van der Waals surface area contributed by atoms with Gasteiger partial charge in [0.15, 0.2) is 0 Å². The summed E-state index contributed by atoms with van der Waals surface area (Å²) in [5, 5.41) is 8.01. The van der Waals surface area contributed by atoms with Crippen molar-refractivity contribution in [1.29, 1.82) is 0 Å². The Balaban J connectivity index is 2.01. The second-order valence-electron chi connectivity index (χ2n) is 1.28. The number of rotatable bonds is 1. The molecular weight excluding hydrogens is 82.0 g/mol. The van der Waals surface area contributed by atoms with Gasteiger partial charge in [0, 0.05) is 6.42 Å². The highest BCUT2D eigenvalue weighted by Crippen LogP contribution is 2.04. The first-order valence-corrected chi connectivity index (χ1v) is 1.94. The Hall–Kier alpha value is -0.120. The van der Waals surface area contributed by atoms with E-state index in [1.165, 1.54) is 0 Å². The van der Waals surface area contributed by atoms with Crippen molar-refractivity contribution >= 4 is 0 Å². The molecule has 0 aromatic rings. The van der Waals surface area contributed by atoms with Crippen LogP contribution in [0.15, 0.2) is 0 Å². The van der Waals surface area contributed by atoms with Gasteiger partial charge in [-0.15, -0.1) is 0 Å². The smallest absolute Gasteiger partial charge is 0.132 e. The Morgan fingerprint density at radius 2 is 2.50 bits per heavy atom. The fourth-order valence-corrected chi connectivity index (χ4v) is 0.338.